The second-order valence-corrected chi connectivity index (χ2v) is 10.6. The van der Waals surface area contributed by atoms with E-state index in [2.05, 4.69) is 16.0 Å². The van der Waals surface area contributed by atoms with Crippen molar-refractivity contribution in [2.45, 2.75) is 83.0 Å². The Morgan fingerprint density at radius 2 is 1.83 bits per heavy atom. The Morgan fingerprint density at radius 1 is 1.17 bits per heavy atom. The van der Waals surface area contributed by atoms with Gasteiger partial charge in [-0.2, -0.15) is 5.10 Å². The highest BCUT2D eigenvalue weighted by molar-refractivity contribution is 5.95. The molecule has 156 valence electrons. The standard InChI is InChI=1S/C22H31N5O2/c1-12-4-19(28)25-21(23-12)27-18(8-17(26-27)16-2-3-16)24-20(29)22-9-13-5-14(10-22)7-15(6-13)11-22/h8,12-16,21,23H,2-7,9-11H2,1H3,(H,24,29)(H,25,28). The highest BCUT2D eigenvalue weighted by atomic mass is 16.2. The van der Waals surface area contributed by atoms with Crippen LogP contribution in [0.1, 0.15) is 82.6 Å². The molecule has 0 radical (unpaired) electrons. The van der Waals surface area contributed by atoms with Crippen molar-refractivity contribution >= 4 is 17.6 Å². The van der Waals surface area contributed by atoms with Crippen LogP contribution in [0.25, 0.3) is 0 Å². The van der Waals surface area contributed by atoms with E-state index in [1.54, 1.807) is 4.68 Å². The van der Waals surface area contributed by atoms with Crippen molar-refractivity contribution in [1.82, 2.24) is 20.4 Å². The topological polar surface area (TPSA) is 88.1 Å². The SMILES string of the molecule is CC1CC(=O)NC(n2nc(C3CC3)cc2NC(=O)C23CC4CC(CC(C4)C2)C3)N1. The van der Waals surface area contributed by atoms with E-state index in [0.717, 1.165) is 61.4 Å². The number of anilines is 1. The largest absolute Gasteiger partial charge is 0.322 e. The fourth-order valence-corrected chi connectivity index (χ4v) is 6.91. The molecule has 0 aromatic carbocycles. The Morgan fingerprint density at radius 3 is 2.41 bits per heavy atom. The monoisotopic (exact) mass is 397 g/mol. The van der Waals surface area contributed by atoms with Gasteiger partial charge in [0, 0.05) is 24.4 Å². The number of nitrogens with zero attached hydrogens (tertiary/aromatic N) is 2. The molecule has 2 heterocycles. The van der Waals surface area contributed by atoms with Crippen molar-refractivity contribution in [3.05, 3.63) is 11.8 Å². The van der Waals surface area contributed by atoms with Crippen molar-refractivity contribution < 1.29 is 9.59 Å². The summed E-state index contributed by atoms with van der Waals surface area (Å²) < 4.78 is 1.79. The average Bonchev–Trinajstić information content (AvgIpc) is 3.40. The molecular formula is C22H31N5O2. The third-order valence-electron chi connectivity index (χ3n) is 7.99. The van der Waals surface area contributed by atoms with Crippen molar-refractivity contribution in [2.24, 2.45) is 23.2 Å². The molecule has 5 saturated carbocycles. The lowest BCUT2D eigenvalue weighted by molar-refractivity contribution is -0.140. The van der Waals surface area contributed by atoms with Crippen molar-refractivity contribution in [2.75, 3.05) is 5.32 Å². The predicted octanol–water partition coefficient (Wildman–Crippen LogP) is 2.87. The smallest absolute Gasteiger partial charge is 0.231 e. The third-order valence-corrected chi connectivity index (χ3v) is 7.99. The first-order valence-electron chi connectivity index (χ1n) is 11.4. The fraction of sp³-hybridized carbons (Fsp3) is 0.773. The molecule has 2 atom stereocenters. The molecule has 5 aliphatic carbocycles. The minimum absolute atomic E-state index is 0.0167. The maximum absolute atomic E-state index is 13.6. The minimum atomic E-state index is -0.412. The average molecular weight is 398 g/mol. The van der Waals surface area contributed by atoms with Gasteiger partial charge in [-0.05, 0) is 76.0 Å². The van der Waals surface area contributed by atoms with Gasteiger partial charge in [-0.3, -0.25) is 14.9 Å². The minimum Gasteiger partial charge on any atom is -0.322 e. The van der Waals surface area contributed by atoms with Gasteiger partial charge in [-0.15, -0.1) is 0 Å². The van der Waals surface area contributed by atoms with Gasteiger partial charge in [-0.1, -0.05) is 0 Å². The summed E-state index contributed by atoms with van der Waals surface area (Å²) in [5.74, 6) is 3.61. The third kappa shape index (κ3) is 3.09. The maximum Gasteiger partial charge on any atom is 0.231 e. The zero-order chi connectivity index (χ0) is 19.8. The second kappa shape index (κ2) is 6.30. The Bertz CT molecular complexity index is 822. The molecule has 0 spiro atoms. The lowest BCUT2D eigenvalue weighted by atomic mass is 9.49. The molecule has 1 aromatic rings. The number of carbonyl (C=O) groups is 2. The first-order valence-corrected chi connectivity index (χ1v) is 11.4. The maximum atomic E-state index is 13.6. The molecule has 1 saturated heterocycles. The first-order chi connectivity index (χ1) is 14.0. The van der Waals surface area contributed by atoms with Gasteiger partial charge in [0.15, 0.2) is 6.29 Å². The molecule has 6 aliphatic rings. The Hall–Kier alpha value is -1.89. The zero-order valence-corrected chi connectivity index (χ0v) is 17.1. The van der Waals surface area contributed by atoms with Gasteiger partial charge in [0.25, 0.3) is 0 Å². The summed E-state index contributed by atoms with van der Waals surface area (Å²) in [7, 11) is 0. The summed E-state index contributed by atoms with van der Waals surface area (Å²) in [6.07, 6.45) is 9.47. The summed E-state index contributed by atoms with van der Waals surface area (Å²) >= 11 is 0. The molecule has 4 bridgehead atoms. The van der Waals surface area contributed by atoms with E-state index in [0.29, 0.717) is 12.3 Å². The van der Waals surface area contributed by atoms with Gasteiger partial charge in [-0.25, -0.2) is 4.68 Å². The summed E-state index contributed by atoms with van der Waals surface area (Å²) in [5.41, 5.74) is 0.834. The van der Waals surface area contributed by atoms with Crippen LogP contribution in [-0.4, -0.2) is 27.6 Å². The fourth-order valence-electron chi connectivity index (χ4n) is 6.91. The van der Waals surface area contributed by atoms with Crippen LogP contribution < -0.4 is 16.0 Å². The quantitative estimate of drug-likeness (QED) is 0.729. The molecule has 3 N–H and O–H groups in total. The molecule has 1 aliphatic heterocycles. The predicted molar refractivity (Wildman–Crippen MR) is 108 cm³/mol. The lowest BCUT2D eigenvalue weighted by Gasteiger charge is -2.55. The van der Waals surface area contributed by atoms with Crippen LogP contribution in [0.3, 0.4) is 0 Å². The van der Waals surface area contributed by atoms with Crippen LogP contribution >= 0.6 is 0 Å². The number of hydrogen-bond acceptors (Lipinski definition) is 4. The first kappa shape index (κ1) is 17.9. The van der Waals surface area contributed by atoms with Crippen molar-refractivity contribution in [3.8, 4) is 0 Å². The molecule has 29 heavy (non-hydrogen) atoms. The van der Waals surface area contributed by atoms with Crippen LogP contribution in [0.2, 0.25) is 0 Å². The second-order valence-electron chi connectivity index (χ2n) is 10.6. The van der Waals surface area contributed by atoms with Crippen LogP contribution in [0.5, 0.6) is 0 Å². The van der Waals surface area contributed by atoms with Gasteiger partial charge < -0.3 is 10.6 Å². The highest BCUT2D eigenvalue weighted by Crippen LogP contribution is 2.60. The molecule has 7 heteroatoms. The van der Waals surface area contributed by atoms with E-state index < -0.39 is 6.29 Å². The van der Waals surface area contributed by atoms with E-state index in [-0.39, 0.29) is 23.3 Å². The summed E-state index contributed by atoms with van der Waals surface area (Å²) in [6, 6.07) is 2.11. The normalized spacial score (nSPS) is 40.7. The molecule has 7 rings (SSSR count). The Balaban J connectivity index is 1.28. The van der Waals surface area contributed by atoms with E-state index in [1.807, 2.05) is 13.0 Å². The number of aromatic nitrogens is 2. The Kier molecular flexibility index (Phi) is 3.90. The summed E-state index contributed by atoms with van der Waals surface area (Å²) in [6.45, 7) is 2.00. The number of hydrogen-bond donors (Lipinski definition) is 3. The van der Waals surface area contributed by atoms with Gasteiger partial charge in [0.1, 0.15) is 5.82 Å². The van der Waals surface area contributed by atoms with Crippen LogP contribution in [-0.2, 0) is 9.59 Å². The van der Waals surface area contributed by atoms with E-state index in [9.17, 15) is 9.59 Å². The van der Waals surface area contributed by atoms with Gasteiger partial charge >= 0.3 is 0 Å². The molecule has 1 aromatic heterocycles. The molecule has 2 amide bonds. The summed E-state index contributed by atoms with van der Waals surface area (Å²) in [4.78, 5) is 25.7. The highest BCUT2D eigenvalue weighted by Gasteiger charge is 2.54. The van der Waals surface area contributed by atoms with Crippen LogP contribution in [0.15, 0.2) is 6.07 Å². The Labute approximate surface area is 171 Å². The molecular weight excluding hydrogens is 366 g/mol. The zero-order valence-electron chi connectivity index (χ0n) is 17.1. The van der Waals surface area contributed by atoms with Crippen LogP contribution in [0, 0.1) is 23.2 Å². The number of rotatable bonds is 4. The number of carbonyl (C=O) groups excluding carboxylic acids is 2. The summed E-state index contributed by atoms with van der Waals surface area (Å²) in [5, 5.41) is 14.4. The van der Waals surface area contributed by atoms with E-state index in [4.69, 9.17) is 5.10 Å². The molecule has 7 nitrogen and oxygen atoms in total. The number of nitrogens with one attached hydrogen (secondary N) is 3. The molecule has 2 unspecified atom stereocenters. The molecule has 6 fully saturated rings. The number of amides is 2. The van der Waals surface area contributed by atoms with E-state index in [1.165, 1.54) is 19.3 Å². The van der Waals surface area contributed by atoms with Gasteiger partial charge in [0.05, 0.1) is 11.1 Å². The van der Waals surface area contributed by atoms with Crippen molar-refractivity contribution in [1.29, 1.82) is 0 Å². The van der Waals surface area contributed by atoms with Gasteiger partial charge in [0.2, 0.25) is 11.8 Å². The van der Waals surface area contributed by atoms with Crippen LogP contribution in [0.4, 0.5) is 5.82 Å². The van der Waals surface area contributed by atoms with E-state index >= 15 is 0 Å². The van der Waals surface area contributed by atoms with Crippen molar-refractivity contribution in [3.63, 3.8) is 0 Å². The lowest BCUT2D eigenvalue weighted by Crippen LogP contribution is -2.53.